The second kappa shape index (κ2) is 6.55. The minimum atomic E-state index is -1.07. The van der Waals surface area contributed by atoms with Gasteiger partial charge >= 0.3 is 5.97 Å². The van der Waals surface area contributed by atoms with Crippen LogP contribution in [0.3, 0.4) is 0 Å². The molecule has 1 aromatic heterocycles. The summed E-state index contributed by atoms with van der Waals surface area (Å²) in [7, 11) is 1.07. The Hall–Kier alpha value is -2.77. The highest BCUT2D eigenvalue weighted by Gasteiger charge is 2.19. The number of esters is 1. The Kier molecular flexibility index (Phi) is 4.73. The molecule has 1 heterocycles. The van der Waals surface area contributed by atoms with E-state index in [-0.39, 0.29) is 12.1 Å². The number of carbonyl (C=O) groups is 2. The van der Waals surface area contributed by atoms with Gasteiger partial charge in [-0.15, -0.1) is 0 Å². The maximum Gasteiger partial charge on any atom is 0.340 e. The summed E-state index contributed by atoms with van der Waals surface area (Å²) in [6.45, 7) is 3.32. The molecule has 0 aliphatic rings. The standard InChI is InChI=1S/C15H14F2N2O4/c1-7-9(8(2)23-19-7)5-14(20)18-13-4-10(15(21)22-3)11(16)6-12(13)17/h4,6H,5H2,1-3H3,(H,18,20). The number of carbonyl (C=O) groups excluding carboxylic acids is 2. The second-order valence-corrected chi connectivity index (χ2v) is 4.83. The number of anilines is 1. The van der Waals surface area contributed by atoms with E-state index in [4.69, 9.17) is 4.52 Å². The third-order valence-electron chi connectivity index (χ3n) is 3.25. The van der Waals surface area contributed by atoms with Gasteiger partial charge in [-0.3, -0.25) is 4.79 Å². The normalized spacial score (nSPS) is 10.5. The SMILES string of the molecule is COC(=O)c1cc(NC(=O)Cc2c(C)noc2C)c(F)cc1F. The number of rotatable bonds is 4. The van der Waals surface area contributed by atoms with E-state index in [0.717, 1.165) is 13.2 Å². The maximum atomic E-state index is 13.8. The van der Waals surface area contributed by atoms with Crippen molar-refractivity contribution < 1.29 is 27.6 Å². The first-order valence-electron chi connectivity index (χ1n) is 6.62. The molecule has 0 bridgehead atoms. The van der Waals surface area contributed by atoms with E-state index in [9.17, 15) is 18.4 Å². The van der Waals surface area contributed by atoms with Crippen molar-refractivity contribution in [3.8, 4) is 0 Å². The lowest BCUT2D eigenvalue weighted by Crippen LogP contribution is -2.17. The number of aryl methyl sites for hydroxylation is 2. The summed E-state index contributed by atoms with van der Waals surface area (Å²) in [6.07, 6.45) is -0.0917. The Morgan fingerprint density at radius 3 is 2.52 bits per heavy atom. The fourth-order valence-corrected chi connectivity index (χ4v) is 2.02. The van der Waals surface area contributed by atoms with Crippen LogP contribution in [-0.4, -0.2) is 24.1 Å². The van der Waals surface area contributed by atoms with Gasteiger partial charge < -0.3 is 14.6 Å². The zero-order chi connectivity index (χ0) is 17.1. The number of halogens is 2. The maximum absolute atomic E-state index is 13.8. The van der Waals surface area contributed by atoms with Crippen molar-refractivity contribution >= 4 is 17.6 Å². The molecule has 0 fully saturated rings. The zero-order valence-electron chi connectivity index (χ0n) is 12.7. The molecule has 23 heavy (non-hydrogen) atoms. The molecule has 1 aromatic carbocycles. The van der Waals surface area contributed by atoms with Gasteiger partial charge in [-0.2, -0.15) is 0 Å². The third-order valence-corrected chi connectivity index (χ3v) is 3.25. The van der Waals surface area contributed by atoms with Gasteiger partial charge in [0.05, 0.1) is 30.5 Å². The van der Waals surface area contributed by atoms with Gasteiger partial charge in [-0.05, 0) is 19.9 Å². The molecule has 0 saturated carbocycles. The van der Waals surface area contributed by atoms with E-state index in [1.54, 1.807) is 13.8 Å². The molecule has 0 unspecified atom stereocenters. The van der Waals surface area contributed by atoms with Crippen molar-refractivity contribution in [3.63, 3.8) is 0 Å². The molecule has 0 radical (unpaired) electrons. The lowest BCUT2D eigenvalue weighted by molar-refractivity contribution is -0.115. The Labute approximate surface area is 130 Å². The minimum Gasteiger partial charge on any atom is -0.465 e. The van der Waals surface area contributed by atoms with Crippen LogP contribution in [0.2, 0.25) is 0 Å². The summed E-state index contributed by atoms with van der Waals surface area (Å²) in [5.74, 6) is -3.11. The number of nitrogens with zero attached hydrogens (tertiary/aromatic N) is 1. The first-order chi connectivity index (χ1) is 10.8. The van der Waals surface area contributed by atoms with Gasteiger partial charge in [0.1, 0.15) is 17.4 Å². The Morgan fingerprint density at radius 1 is 1.26 bits per heavy atom. The first-order valence-corrected chi connectivity index (χ1v) is 6.62. The number of nitrogens with one attached hydrogen (secondary N) is 1. The summed E-state index contributed by atoms with van der Waals surface area (Å²) < 4.78 is 36.6. The van der Waals surface area contributed by atoms with Crippen LogP contribution in [0.25, 0.3) is 0 Å². The van der Waals surface area contributed by atoms with Gasteiger partial charge in [-0.25, -0.2) is 13.6 Å². The topological polar surface area (TPSA) is 81.4 Å². The van der Waals surface area contributed by atoms with Crippen molar-refractivity contribution in [3.05, 3.63) is 46.3 Å². The summed E-state index contributed by atoms with van der Waals surface area (Å²) >= 11 is 0. The van der Waals surface area contributed by atoms with Crippen LogP contribution in [0.5, 0.6) is 0 Å². The van der Waals surface area contributed by atoms with Gasteiger partial charge in [-0.1, -0.05) is 5.16 Å². The van der Waals surface area contributed by atoms with Crippen molar-refractivity contribution in [1.29, 1.82) is 0 Å². The Morgan fingerprint density at radius 2 is 1.96 bits per heavy atom. The lowest BCUT2D eigenvalue weighted by Gasteiger charge is -2.09. The zero-order valence-corrected chi connectivity index (χ0v) is 12.7. The molecule has 0 aliphatic heterocycles. The lowest BCUT2D eigenvalue weighted by atomic mass is 10.1. The van der Waals surface area contributed by atoms with Crippen molar-refractivity contribution in [2.24, 2.45) is 0 Å². The molecule has 8 heteroatoms. The van der Waals surface area contributed by atoms with Crippen molar-refractivity contribution in [1.82, 2.24) is 5.16 Å². The number of methoxy groups -OCH3 is 1. The molecule has 6 nitrogen and oxygen atoms in total. The third kappa shape index (κ3) is 3.53. The van der Waals surface area contributed by atoms with Crippen LogP contribution in [0.15, 0.2) is 16.7 Å². The van der Waals surface area contributed by atoms with Gasteiger partial charge in [0, 0.05) is 11.6 Å². The summed E-state index contributed by atoms with van der Waals surface area (Å²) in [5.41, 5.74) is 0.343. The van der Waals surface area contributed by atoms with Gasteiger partial charge in [0.15, 0.2) is 0 Å². The fraction of sp³-hybridized carbons (Fsp3) is 0.267. The van der Waals surface area contributed by atoms with E-state index < -0.39 is 29.1 Å². The van der Waals surface area contributed by atoms with E-state index in [1.165, 1.54) is 0 Å². The van der Waals surface area contributed by atoms with Gasteiger partial charge in [0.25, 0.3) is 0 Å². The van der Waals surface area contributed by atoms with Crippen LogP contribution in [0, 0.1) is 25.5 Å². The molecule has 1 amide bonds. The Bertz CT molecular complexity index is 752. The Balaban J connectivity index is 2.22. The van der Waals surface area contributed by atoms with Crippen LogP contribution in [0.4, 0.5) is 14.5 Å². The van der Waals surface area contributed by atoms with E-state index in [1.807, 2.05) is 0 Å². The smallest absolute Gasteiger partial charge is 0.340 e. The number of ether oxygens (including phenoxy) is 1. The monoisotopic (exact) mass is 324 g/mol. The highest BCUT2D eigenvalue weighted by atomic mass is 19.1. The molecule has 122 valence electrons. The average molecular weight is 324 g/mol. The molecule has 2 rings (SSSR count). The summed E-state index contributed by atoms with van der Waals surface area (Å²) in [6, 6.07) is 1.40. The molecule has 0 atom stereocenters. The number of benzene rings is 1. The number of amides is 1. The van der Waals surface area contributed by atoms with Crippen LogP contribution >= 0.6 is 0 Å². The molecule has 2 aromatic rings. The van der Waals surface area contributed by atoms with Crippen molar-refractivity contribution in [2.45, 2.75) is 20.3 Å². The number of hydrogen-bond donors (Lipinski definition) is 1. The second-order valence-electron chi connectivity index (χ2n) is 4.83. The number of aromatic nitrogens is 1. The van der Waals surface area contributed by atoms with Gasteiger partial charge in [0.2, 0.25) is 5.91 Å². The first kappa shape index (κ1) is 16.6. The largest absolute Gasteiger partial charge is 0.465 e. The molecule has 0 aliphatic carbocycles. The highest BCUT2D eigenvalue weighted by molar-refractivity contribution is 5.95. The van der Waals surface area contributed by atoms with Crippen LogP contribution in [-0.2, 0) is 16.0 Å². The molecular weight excluding hydrogens is 310 g/mol. The van der Waals surface area contributed by atoms with Crippen LogP contribution in [0.1, 0.15) is 27.4 Å². The summed E-state index contributed by atoms with van der Waals surface area (Å²) in [5, 5.41) is 6.01. The van der Waals surface area contributed by atoms with Crippen LogP contribution < -0.4 is 5.32 Å². The quantitative estimate of drug-likeness (QED) is 0.874. The van der Waals surface area contributed by atoms with E-state index in [2.05, 4.69) is 15.2 Å². The summed E-state index contributed by atoms with van der Waals surface area (Å²) in [4.78, 5) is 23.4. The number of hydrogen-bond acceptors (Lipinski definition) is 5. The molecular formula is C15H14F2N2O4. The predicted molar refractivity (Wildman–Crippen MR) is 76.0 cm³/mol. The predicted octanol–water partition coefficient (Wildman–Crippen LogP) is 2.54. The highest BCUT2D eigenvalue weighted by Crippen LogP contribution is 2.21. The van der Waals surface area contributed by atoms with E-state index >= 15 is 0 Å². The van der Waals surface area contributed by atoms with E-state index in [0.29, 0.717) is 23.1 Å². The van der Waals surface area contributed by atoms with Crippen molar-refractivity contribution in [2.75, 3.05) is 12.4 Å². The average Bonchev–Trinajstić information content (AvgIpc) is 2.81. The molecule has 0 spiro atoms. The molecule has 0 saturated heterocycles. The fourth-order valence-electron chi connectivity index (χ4n) is 2.02. The molecule has 1 N–H and O–H groups in total. The minimum absolute atomic E-state index is 0.0917.